The Morgan fingerprint density at radius 2 is 2.03 bits per heavy atom. The first-order valence-corrected chi connectivity index (χ1v) is 12.2. The lowest BCUT2D eigenvalue weighted by atomic mass is 9.67. The van der Waals surface area contributed by atoms with Gasteiger partial charge in [-0.05, 0) is 75.8 Å². The molecule has 5 nitrogen and oxygen atoms in total. The molecule has 2 atom stereocenters. The topological polar surface area (TPSA) is 71.5 Å². The van der Waals surface area contributed by atoms with E-state index < -0.39 is 0 Å². The number of benzene rings is 1. The number of hydrogen-bond acceptors (Lipinski definition) is 4. The summed E-state index contributed by atoms with van der Waals surface area (Å²) in [5.41, 5.74) is 4.00. The van der Waals surface area contributed by atoms with Crippen LogP contribution in [0.15, 0.2) is 42.2 Å². The van der Waals surface area contributed by atoms with Crippen molar-refractivity contribution in [1.29, 1.82) is 0 Å². The van der Waals surface area contributed by atoms with Gasteiger partial charge in [0.1, 0.15) is 17.1 Å². The van der Waals surface area contributed by atoms with E-state index in [0.717, 1.165) is 61.0 Å². The average Bonchev–Trinajstić information content (AvgIpc) is 2.77. The second-order valence-electron chi connectivity index (χ2n) is 10.1. The number of carbonyl (C=O) groups excluding carboxylic acids is 1. The van der Waals surface area contributed by atoms with Crippen LogP contribution in [0, 0.1) is 5.92 Å². The Balaban J connectivity index is 1.75. The number of ether oxygens (including phenoxy) is 1. The van der Waals surface area contributed by atoms with Crippen molar-refractivity contribution >= 4 is 5.91 Å². The third kappa shape index (κ3) is 4.78. The molecule has 2 heterocycles. The SMILES string of the molecule is CCCCCc1cc2c(c(O)c1C(=O)NCc1ccncc1)C1C=C(C)CCC1C(C)(C)O2. The summed E-state index contributed by atoms with van der Waals surface area (Å²) in [7, 11) is 0. The number of pyridine rings is 1. The van der Waals surface area contributed by atoms with Gasteiger partial charge >= 0.3 is 0 Å². The lowest BCUT2D eigenvalue weighted by Crippen LogP contribution is -2.45. The first-order valence-electron chi connectivity index (χ1n) is 12.2. The molecule has 5 heteroatoms. The number of rotatable bonds is 7. The van der Waals surface area contributed by atoms with Gasteiger partial charge in [0.15, 0.2) is 0 Å². The van der Waals surface area contributed by atoms with Gasteiger partial charge in [0.05, 0.1) is 5.56 Å². The van der Waals surface area contributed by atoms with Crippen molar-refractivity contribution in [3.05, 3.63) is 64.5 Å². The van der Waals surface area contributed by atoms with Crippen LogP contribution in [0.2, 0.25) is 0 Å². The number of aromatic nitrogens is 1. The van der Waals surface area contributed by atoms with Gasteiger partial charge in [-0.25, -0.2) is 0 Å². The van der Waals surface area contributed by atoms with Crippen LogP contribution in [0.25, 0.3) is 0 Å². The van der Waals surface area contributed by atoms with E-state index in [0.29, 0.717) is 12.1 Å². The predicted octanol–water partition coefficient (Wildman–Crippen LogP) is 6.06. The zero-order chi connectivity index (χ0) is 23.6. The molecule has 4 rings (SSSR count). The third-order valence-electron chi connectivity index (χ3n) is 7.21. The number of nitrogens with zero attached hydrogens (tertiary/aromatic N) is 1. The number of nitrogens with one attached hydrogen (secondary N) is 1. The van der Waals surface area contributed by atoms with Crippen molar-refractivity contribution < 1.29 is 14.6 Å². The average molecular weight is 449 g/mol. The van der Waals surface area contributed by atoms with E-state index in [9.17, 15) is 9.90 Å². The number of hydrogen-bond donors (Lipinski definition) is 2. The molecule has 1 aliphatic heterocycles. The Hall–Kier alpha value is -2.82. The molecule has 1 amide bonds. The summed E-state index contributed by atoms with van der Waals surface area (Å²) >= 11 is 0. The minimum Gasteiger partial charge on any atom is -0.507 e. The van der Waals surface area contributed by atoms with Crippen LogP contribution in [0.4, 0.5) is 0 Å². The molecule has 1 aromatic heterocycles. The van der Waals surface area contributed by atoms with Crippen molar-refractivity contribution in [1.82, 2.24) is 10.3 Å². The monoisotopic (exact) mass is 448 g/mol. The number of amides is 1. The number of fused-ring (bicyclic) bond motifs is 3. The molecule has 176 valence electrons. The maximum atomic E-state index is 13.4. The van der Waals surface area contributed by atoms with Crippen LogP contribution in [0.3, 0.4) is 0 Å². The fourth-order valence-corrected chi connectivity index (χ4v) is 5.40. The van der Waals surface area contributed by atoms with E-state index >= 15 is 0 Å². The molecular weight excluding hydrogens is 412 g/mol. The lowest BCUT2D eigenvalue weighted by molar-refractivity contribution is 0.0107. The van der Waals surface area contributed by atoms with Crippen molar-refractivity contribution in [3.8, 4) is 11.5 Å². The number of aryl methyl sites for hydroxylation is 1. The van der Waals surface area contributed by atoms with Gasteiger partial charge in [-0.2, -0.15) is 0 Å². The summed E-state index contributed by atoms with van der Waals surface area (Å²) in [6.45, 7) is 8.99. The molecule has 0 bridgehead atoms. The third-order valence-corrected chi connectivity index (χ3v) is 7.21. The van der Waals surface area contributed by atoms with Crippen molar-refractivity contribution in [3.63, 3.8) is 0 Å². The number of phenolic OH excluding ortho intramolecular Hbond substituents is 1. The summed E-state index contributed by atoms with van der Waals surface area (Å²) in [5.74, 6) is 0.883. The van der Waals surface area contributed by atoms with Crippen LogP contribution >= 0.6 is 0 Å². The first-order chi connectivity index (χ1) is 15.8. The van der Waals surface area contributed by atoms with Gasteiger partial charge in [0.2, 0.25) is 0 Å². The summed E-state index contributed by atoms with van der Waals surface area (Å²) in [4.78, 5) is 17.4. The summed E-state index contributed by atoms with van der Waals surface area (Å²) in [5, 5.41) is 14.6. The molecule has 0 spiro atoms. The van der Waals surface area contributed by atoms with Crippen LogP contribution < -0.4 is 10.1 Å². The van der Waals surface area contributed by atoms with Gasteiger partial charge in [-0.3, -0.25) is 9.78 Å². The largest absolute Gasteiger partial charge is 0.507 e. The Kier molecular flexibility index (Phi) is 6.78. The highest BCUT2D eigenvalue weighted by Gasteiger charge is 2.46. The standard InChI is InChI=1S/C28H36N2O3/c1-5-6-7-8-20-16-23-25(21-15-18(2)9-10-22(21)28(3,4)33-23)26(31)24(20)27(32)30-17-19-11-13-29-14-12-19/h11-16,21-22,31H,5-10,17H2,1-4H3,(H,30,32). The van der Waals surface area contributed by atoms with E-state index in [1.165, 1.54) is 5.57 Å². The molecule has 1 aliphatic carbocycles. The van der Waals surface area contributed by atoms with Gasteiger partial charge in [0.25, 0.3) is 5.91 Å². The highest BCUT2D eigenvalue weighted by atomic mass is 16.5. The zero-order valence-electron chi connectivity index (χ0n) is 20.3. The maximum absolute atomic E-state index is 13.4. The van der Waals surface area contributed by atoms with Gasteiger partial charge in [0, 0.05) is 36.3 Å². The Labute approximate surface area is 197 Å². The van der Waals surface area contributed by atoms with Crippen LogP contribution in [-0.2, 0) is 13.0 Å². The maximum Gasteiger partial charge on any atom is 0.255 e. The second kappa shape index (κ2) is 9.58. The van der Waals surface area contributed by atoms with Crippen LogP contribution in [0.5, 0.6) is 11.5 Å². The Morgan fingerprint density at radius 3 is 2.76 bits per heavy atom. The molecule has 0 radical (unpaired) electrons. The molecule has 33 heavy (non-hydrogen) atoms. The molecule has 2 aromatic rings. The number of unbranched alkanes of at least 4 members (excludes halogenated alkanes) is 2. The molecule has 2 aliphatic rings. The summed E-state index contributed by atoms with van der Waals surface area (Å²) < 4.78 is 6.49. The zero-order valence-corrected chi connectivity index (χ0v) is 20.3. The molecule has 2 N–H and O–H groups in total. The number of carbonyl (C=O) groups is 1. The predicted molar refractivity (Wildman–Crippen MR) is 131 cm³/mol. The van der Waals surface area contributed by atoms with Crippen molar-refractivity contribution in [2.45, 2.75) is 84.3 Å². The quantitative estimate of drug-likeness (QED) is 0.399. The minimum atomic E-state index is -0.326. The highest BCUT2D eigenvalue weighted by Crippen LogP contribution is 2.54. The van der Waals surface area contributed by atoms with E-state index in [4.69, 9.17) is 4.74 Å². The fourth-order valence-electron chi connectivity index (χ4n) is 5.40. The fraction of sp³-hybridized carbons (Fsp3) is 0.500. The first kappa shape index (κ1) is 23.3. The smallest absolute Gasteiger partial charge is 0.255 e. The van der Waals surface area contributed by atoms with Crippen LogP contribution in [-0.4, -0.2) is 21.6 Å². The molecule has 2 unspecified atom stereocenters. The van der Waals surface area contributed by atoms with Gasteiger partial charge < -0.3 is 15.2 Å². The van der Waals surface area contributed by atoms with Gasteiger partial charge in [-0.15, -0.1) is 0 Å². The number of phenols is 1. The molecule has 1 aromatic carbocycles. The molecular formula is C28H36N2O3. The second-order valence-corrected chi connectivity index (χ2v) is 10.1. The lowest BCUT2D eigenvalue weighted by Gasteiger charge is -2.46. The molecule has 0 fully saturated rings. The van der Waals surface area contributed by atoms with E-state index in [1.54, 1.807) is 12.4 Å². The Bertz CT molecular complexity index is 1040. The van der Waals surface area contributed by atoms with Crippen molar-refractivity contribution in [2.75, 3.05) is 0 Å². The number of allylic oxidation sites excluding steroid dienone is 2. The Morgan fingerprint density at radius 1 is 1.27 bits per heavy atom. The van der Waals surface area contributed by atoms with E-state index in [2.05, 4.69) is 44.1 Å². The number of aromatic hydroxyl groups is 1. The molecule has 0 saturated heterocycles. The summed E-state index contributed by atoms with van der Waals surface area (Å²) in [6.07, 6.45) is 11.6. The molecule has 0 saturated carbocycles. The van der Waals surface area contributed by atoms with E-state index in [1.807, 2.05) is 18.2 Å². The van der Waals surface area contributed by atoms with Gasteiger partial charge in [-0.1, -0.05) is 31.4 Å². The van der Waals surface area contributed by atoms with Crippen LogP contribution in [0.1, 0.15) is 92.8 Å². The highest BCUT2D eigenvalue weighted by molar-refractivity contribution is 5.99. The normalized spacial score (nSPS) is 20.8. The van der Waals surface area contributed by atoms with Crippen molar-refractivity contribution in [2.24, 2.45) is 5.92 Å². The minimum absolute atomic E-state index is 0.0499. The summed E-state index contributed by atoms with van der Waals surface area (Å²) in [6, 6.07) is 5.78. The van der Waals surface area contributed by atoms with E-state index in [-0.39, 0.29) is 29.1 Å².